The lowest BCUT2D eigenvalue weighted by Crippen LogP contribution is -2.40. The Kier molecular flexibility index (Phi) is 6.56. The summed E-state index contributed by atoms with van der Waals surface area (Å²) in [6, 6.07) is 4.07. The highest BCUT2D eigenvalue weighted by atomic mass is 35.5. The fourth-order valence-corrected chi connectivity index (χ4v) is 3.52. The summed E-state index contributed by atoms with van der Waals surface area (Å²) in [5, 5.41) is 13.4. The second-order valence-corrected chi connectivity index (χ2v) is 6.71. The summed E-state index contributed by atoms with van der Waals surface area (Å²) >= 11 is 1.68. The molecule has 126 valence electrons. The first-order valence-electron chi connectivity index (χ1n) is 7.62. The fraction of sp³-hybridized carbons (Fsp3) is 0.533. The van der Waals surface area contributed by atoms with Gasteiger partial charge in [-0.1, -0.05) is 11.3 Å². The standard InChI is InChI=1S/C15H21N5OS.ClH/c1-16-9-12-4-6-19(7-5-12)15(21)14-11-20(18-17-14)10-13-3-2-8-22-13;/h2-3,8,11-12,16H,4-7,9-10H2,1H3;1H. The van der Waals surface area contributed by atoms with Crippen LogP contribution >= 0.6 is 23.7 Å². The van der Waals surface area contributed by atoms with E-state index >= 15 is 0 Å². The van der Waals surface area contributed by atoms with Crippen molar-refractivity contribution in [1.82, 2.24) is 25.2 Å². The number of likely N-dealkylation sites (tertiary alicyclic amines) is 1. The fourth-order valence-electron chi connectivity index (χ4n) is 2.83. The molecular formula is C15H22ClN5OS. The third-order valence-corrected chi connectivity index (χ3v) is 4.91. The van der Waals surface area contributed by atoms with E-state index in [9.17, 15) is 4.79 Å². The third-order valence-electron chi connectivity index (χ3n) is 4.05. The minimum atomic E-state index is 0. The van der Waals surface area contributed by atoms with Crippen LogP contribution in [0.2, 0.25) is 0 Å². The molecule has 2 aromatic heterocycles. The van der Waals surface area contributed by atoms with Crippen LogP contribution in [0.5, 0.6) is 0 Å². The molecule has 1 aliphatic heterocycles. The summed E-state index contributed by atoms with van der Waals surface area (Å²) in [4.78, 5) is 15.6. The lowest BCUT2D eigenvalue weighted by molar-refractivity contribution is 0.0685. The maximum Gasteiger partial charge on any atom is 0.276 e. The van der Waals surface area contributed by atoms with E-state index in [1.165, 1.54) is 4.88 Å². The smallest absolute Gasteiger partial charge is 0.276 e. The zero-order chi connectivity index (χ0) is 15.4. The predicted octanol–water partition coefficient (Wildman–Crippen LogP) is 1.88. The number of nitrogens with one attached hydrogen (secondary N) is 1. The van der Waals surface area contributed by atoms with Crippen LogP contribution in [0, 0.1) is 5.92 Å². The summed E-state index contributed by atoms with van der Waals surface area (Å²) in [5.41, 5.74) is 0.448. The van der Waals surface area contributed by atoms with E-state index in [-0.39, 0.29) is 18.3 Å². The molecular weight excluding hydrogens is 334 g/mol. The Balaban J connectivity index is 0.00000192. The van der Waals surface area contributed by atoms with E-state index in [0.717, 1.165) is 32.5 Å². The molecule has 1 aliphatic rings. The zero-order valence-electron chi connectivity index (χ0n) is 13.1. The van der Waals surface area contributed by atoms with Crippen molar-refractivity contribution in [3.8, 4) is 0 Å². The molecule has 1 saturated heterocycles. The van der Waals surface area contributed by atoms with E-state index in [0.29, 0.717) is 18.2 Å². The number of aromatic nitrogens is 3. The van der Waals surface area contributed by atoms with Crippen LogP contribution < -0.4 is 5.32 Å². The van der Waals surface area contributed by atoms with E-state index < -0.39 is 0 Å². The Morgan fingerprint density at radius 1 is 1.43 bits per heavy atom. The van der Waals surface area contributed by atoms with E-state index in [1.54, 1.807) is 22.2 Å². The summed E-state index contributed by atoms with van der Waals surface area (Å²) in [6.07, 6.45) is 3.85. The van der Waals surface area contributed by atoms with Crippen molar-refractivity contribution in [2.45, 2.75) is 19.4 Å². The Bertz CT molecular complexity index is 607. The van der Waals surface area contributed by atoms with Crippen molar-refractivity contribution in [3.63, 3.8) is 0 Å². The number of nitrogens with zero attached hydrogens (tertiary/aromatic N) is 4. The number of amides is 1. The molecule has 1 amide bonds. The number of piperidine rings is 1. The van der Waals surface area contributed by atoms with Crippen molar-refractivity contribution >= 4 is 29.7 Å². The summed E-state index contributed by atoms with van der Waals surface area (Å²) in [5.74, 6) is 0.670. The molecule has 3 heterocycles. The molecule has 0 saturated carbocycles. The first-order valence-corrected chi connectivity index (χ1v) is 8.50. The Morgan fingerprint density at radius 3 is 2.87 bits per heavy atom. The van der Waals surface area contributed by atoms with Gasteiger partial charge < -0.3 is 10.2 Å². The first kappa shape index (κ1) is 17.9. The number of thiophene rings is 1. The number of hydrogen-bond donors (Lipinski definition) is 1. The SMILES string of the molecule is CNCC1CCN(C(=O)c2cn(Cc3cccs3)nn2)CC1.Cl. The highest BCUT2D eigenvalue weighted by molar-refractivity contribution is 7.09. The highest BCUT2D eigenvalue weighted by Crippen LogP contribution is 2.18. The van der Waals surface area contributed by atoms with Gasteiger partial charge in [0.2, 0.25) is 0 Å². The lowest BCUT2D eigenvalue weighted by Gasteiger charge is -2.31. The van der Waals surface area contributed by atoms with Crippen LogP contribution in [0.3, 0.4) is 0 Å². The molecule has 8 heteroatoms. The normalized spacial score (nSPS) is 15.4. The van der Waals surface area contributed by atoms with Crippen LogP contribution in [0.25, 0.3) is 0 Å². The van der Waals surface area contributed by atoms with Crippen molar-refractivity contribution in [3.05, 3.63) is 34.3 Å². The lowest BCUT2D eigenvalue weighted by atomic mass is 9.97. The van der Waals surface area contributed by atoms with E-state index in [1.807, 2.05) is 23.4 Å². The third kappa shape index (κ3) is 4.53. The van der Waals surface area contributed by atoms with Crippen molar-refractivity contribution in [1.29, 1.82) is 0 Å². The van der Waals surface area contributed by atoms with Gasteiger partial charge in [0, 0.05) is 18.0 Å². The minimum Gasteiger partial charge on any atom is -0.337 e. The number of rotatable bonds is 5. The average Bonchev–Trinajstić information content (AvgIpc) is 3.20. The molecule has 0 radical (unpaired) electrons. The van der Waals surface area contributed by atoms with E-state index in [4.69, 9.17) is 0 Å². The molecule has 0 aromatic carbocycles. The summed E-state index contributed by atoms with van der Waals surface area (Å²) in [6.45, 7) is 3.31. The van der Waals surface area contributed by atoms with Crippen LogP contribution in [-0.2, 0) is 6.54 Å². The highest BCUT2D eigenvalue weighted by Gasteiger charge is 2.24. The van der Waals surface area contributed by atoms with Gasteiger partial charge in [-0.05, 0) is 43.8 Å². The molecule has 1 N–H and O–H groups in total. The Labute approximate surface area is 146 Å². The maximum absolute atomic E-state index is 12.5. The van der Waals surface area contributed by atoms with Gasteiger partial charge in [0.05, 0.1) is 12.7 Å². The topological polar surface area (TPSA) is 63.1 Å². The van der Waals surface area contributed by atoms with Gasteiger partial charge in [-0.25, -0.2) is 4.68 Å². The molecule has 0 unspecified atom stereocenters. The Hall–Kier alpha value is -1.44. The monoisotopic (exact) mass is 355 g/mol. The number of carbonyl (C=O) groups excluding carboxylic acids is 1. The van der Waals surface area contributed by atoms with Gasteiger partial charge in [-0.2, -0.15) is 0 Å². The number of hydrogen-bond acceptors (Lipinski definition) is 5. The van der Waals surface area contributed by atoms with Crippen LogP contribution in [-0.4, -0.2) is 52.5 Å². The molecule has 6 nitrogen and oxygen atoms in total. The van der Waals surface area contributed by atoms with Gasteiger partial charge >= 0.3 is 0 Å². The van der Waals surface area contributed by atoms with Crippen LogP contribution in [0.4, 0.5) is 0 Å². The first-order chi connectivity index (χ1) is 10.8. The molecule has 2 aromatic rings. The largest absolute Gasteiger partial charge is 0.337 e. The predicted molar refractivity (Wildman–Crippen MR) is 93.2 cm³/mol. The molecule has 0 bridgehead atoms. The van der Waals surface area contributed by atoms with Gasteiger partial charge in [-0.3, -0.25) is 4.79 Å². The molecule has 0 spiro atoms. The van der Waals surface area contributed by atoms with Gasteiger partial charge in [0.1, 0.15) is 0 Å². The van der Waals surface area contributed by atoms with Gasteiger partial charge in [0.15, 0.2) is 5.69 Å². The molecule has 0 aliphatic carbocycles. The quantitative estimate of drug-likeness (QED) is 0.889. The van der Waals surface area contributed by atoms with Gasteiger partial charge in [-0.15, -0.1) is 28.8 Å². The summed E-state index contributed by atoms with van der Waals surface area (Å²) < 4.78 is 1.73. The maximum atomic E-state index is 12.5. The van der Waals surface area contributed by atoms with Crippen LogP contribution in [0.15, 0.2) is 23.7 Å². The zero-order valence-corrected chi connectivity index (χ0v) is 14.8. The molecule has 23 heavy (non-hydrogen) atoms. The molecule has 1 fully saturated rings. The van der Waals surface area contributed by atoms with Crippen molar-refractivity contribution < 1.29 is 4.79 Å². The average molecular weight is 356 g/mol. The van der Waals surface area contributed by atoms with Crippen LogP contribution in [0.1, 0.15) is 28.2 Å². The minimum absolute atomic E-state index is 0. The van der Waals surface area contributed by atoms with Crippen molar-refractivity contribution in [2.75, 3.05) is 26.7 Å². The van der Waals surface area contributed by atoms with Crippen molar-refractivity contribution in [2.24, 2.45) is 5.92 Å². The second-order valence-electron chi connectivity index (χ2n) is 5.67. The molecule has 0 atom stereocenters. The summed E-state index contributed by atoms with van der Waals surface area (Å²) in [7, 11) is 1.98. The Morgan fingerprint density at radius 2 is 2.22 bits per heavy atom. The number of carbonyl (C=O) groups is 1. The molecule has 3 rings (SSSR count). The van der Waals surface area contributed by atoms with E-state index in [2.05, 4.69) is 21.7 Å². The van der Waals surface area contributed by atoms with Gasteiger partial charge in [0.25, 0.3) is 5.91 Å². The number of halogens is 1. The second kappa shape index (κ2) is 8.42.